The number of aliphatic hydroxyl groups is 1. The molecule has 2 aromatic rings. The monoisotopic (exact) mass is 437 g/mol. The molecule has 2 heterocycles. The number of rotatable bonds is 7. The van der Waals surface area contributed by atoms with Crippen LogP contribution in [0.25, 0.3) is 0 Å². The molecule has 2 saturated heterocycles. The number of hydrogen-bond donors (Lipinski definition) is 1. The molecule has 2 fully saturated rings. The molecule has 6 nitrogen and oxygen atoms in total. The van der Waals surface area contributed by atoms with Gasteiger partial charge in [-0.1, -0.05) is 48.5 Å². The third-order valence-corrected chi connectivity index (χ3v) is 6.62. The minimum atomic E-state index is -0.766. The van der Waals surface area contributed by atoms with E-state index in [0.717, 1.165) is 51.1 Å². The van der Waals surface area contributed by atoms with Gasteiger partial charge in [0, 0.05) is 52.0 Å². The Bertz CT molecular complexity index is 840. The fourth-order valence-corrected chi connectivity index (χ4v) is 4.66. The summed E-state index contributed by atoms with van der Waals surface area (Å²) in [6.45, 7) is 5.60. The Morgan fingerprint density at radius 1 is 1.00 bits per heavy atom. The summed E-state index contributed by atoms with van der Waals surface area (Å²) in [6.07, 6.45) is 0.831. The highest BCUT2D eigenvalue weighted by Crippen LogP contribution is 2.24. The van der Waals surface area contributed by atoms with Crippen LogP contribution in [0.3, 0.4) is 0 Å². The zero-order valence-electron chi connectivity index (χ0n) is 19.0. The highest BCUT2D eigenvalue weighted by atomic mass is 16.5. The molecule has 32 heavy (non-hydrogen) atoms. The molecule has 0 spiro atoms. The molecule has 0 radical (unpaired) electrons. The standard InChI is InChI=1S/C26H35N3O3/c1-27(20-21-8-4-2-5-9-21)26(31)25-24(30)13-12-23(32-25)14-15-28-16-18-29(19-17-28)22-10-6-3-7-11-22/h2-11,23-25,30H,12-20H2,1H3/t23-,24-,25-/m0/s1. The Labute approximate surface area is 191 Å². The number of ether oxygens (including phenoxy) is 1. The molecule has 0 saturated carbocycles. The van der Waals surface area contributed by atoms with Crippen molar-refractivity contribution in [2.75, 3.05) is 44.7 Å². The topological polar surface area (TPSA) is 56.2 Å². The number of para-hydroxylation sites is 1. The number of anilines is 1. The molecule has 0 aliphatic carbocycles. The smallest absolute Gasteiger partial charge is 0.254 e. The first-order chi connectivity index (χ1) is 15.6. The second kappa shape index (κ2) is 10.9. The quantitative estimate of drug-likeness (QED) is 0.722. The van der Waals surface area contributed by atoms with Gasteiger partial charge in [-0.25, -0.2) is 0 Å². The highest BCUT2D eigenvalue weighted by Gasteiger charge is 2.36. The second-order valence-corrected chi connectivity index (χ2v) is 8.96. The highest BCUT2D eigenvalue weighted by molar-refractivity contribution is 5.81. The molecule has 2 aromatic carbocycles. The van der Waals surface area contributed by atoms with Crippen molar-refractivity contribution in [1.29, 1.82) is 0 Å². The predicted octanol–water partition coefficient (Wildman–Crippen LogP) is 2.77. The van der Waals surface area contributed by atoms with E-state index in [1.807, 2.05) is 30.3 Å². The van der Waals surface area contributed by atoms with Gasteiger partial charge in [0.1, 0.15) is 0 Å². The van der Waals surface area contributed by atoms with Crippen molar-refractivity contribution in [1.82, 2.24) is 9.80 Å². The van der Waals surface area contributed by atoms with Gasteiger partial charge >= 0.3 is 0 Å². The van der Waals surface area contributed by atoms with Crippen LogP contribution in [0.15, 0.2) is 60.7 Å². The van der Waals surface area contributed by atoms with Crippen molar-refractivity contribution in [3.05, 3.63) is 66.2 Å². The molecule has 2 aliphatic rings. The van der Waals surface area contributed by atoms with Gasteiger partial charge in [-0.15, -0.1) is 0 Å². The first-order valence-electron chi connectivity index (χ1n) is 11.7. The fraction of sp³-hybridized carbons (Fsp3) is 0.500. The van der Waals surface area contributed by atoms with Gasteiger partial charge in [0.25, 0.3) is 5.91 Å². The Kier molecular flexibility index (Phi) is 7.79. The van der Waals surface area contributed by atoms with E-state index in [0.29, 0.717) is 13.0 Å². The number of hydrogen-bond acceptors (Lipinski definition) is 5. The first kappa shape index (κ1) is 22.8. The number of piperazine rings is 1. The zero-order chi connectivity index (χ0) is 22.3. The van der Waals surface area contributed by atoms with Crippen LogP contribution in [0.5, 0.6) is 0 Å². The molecule has 0 bridgehead atoms. The van der Waals surface area contributed by atoms with Crippen molar-refractivity contribution < 1.29 is 14.6 Å². The molecule has 2 aliphatic heterocycles. The minimum absolute atomic E-state index is 0.0182. The maximum atomic E-state index is 13.0. The molecule has 3 atom stereocenters. The van der Waals surface area contributed by atoms with Gasteiger partial charge in [-0.2, -0.15) is 0 Å². The van der Waals surface area contributed by atoms with Crippen molar-refractivity contribution in [3.63, 3.8) is 0 Å². The Morgan fingerprint density at radius 2 is 1.66 bits per heavy atom. The predicted molar refractivity (Wildman–Crippen MR) is 127 cm³/mol. The molecule has 0 aromatic heterocycles. The van der Waals surface area contributed by atoms with Crippen LogP contribution < -0.4 is 4.90 Å². The number of amides is 1. The van der Waals surface area contributed by atoms with E-state index in [1.165, 1.54) is 5.69 Å². The second-order valence-electron chi connectivity index (χ2n) is 8.96. The summed E-state index contributed by atoms with van der Waals surface area (Å²) >= 11 is 0. The lowest BCUT2D eigenvalue weighted by molar-refractivity contribution is -0.167. The molecule has 1 N–H and O–H groups in total. The van der Waals surface area contributed by atoms with Crippen LogP contribution >= 0.6 is 0 Å². The number of aliphatic hydroxyl groups excluding tert-OH is 1. The van der Waals surface area contributed by atoms with E-state index in [-0.39, 0.29) is 12.0 Å². The maximum Gasteiger partial charge on any atom is 0.254 e. The summed E-state index contributed by atoms with van der Waals surface area (Å²) in [7, 11) is 1.78. The van der Waals surface area contributed by atoms with Gasteiger partial charge in [0.2, 0.25) is 0 Å². The largest absolute Gasteiger partial charge is 0.390 e. The van der Waals surface area contributed by atoms with Crippen LogP contribution in [-0.2, 0) is 16.1 Å². The summed E-state index contributed by atoms with van der Waals surface area (Å²) < 4.78 is 6.12. The summed E-state index contributed by atoms with van der Waals surface area (Å²) in [5.41, 5.74) is 2.36. The summed E-state index contributed by atoms with van der Waals surface area (Å²) in [4.78, 5) is 19.5. The average Bonchev–Trinajstić information content (AvgIpc) is 2.84. The van der Waals surface area contributed by atoms with Crippen molar-refractivity contribution in [2.24, 2.45) is 0 Å². The summed E-state index contributed by atoms with van der Waals surface area (Å²) in [5, 5.41) is 10.4. The number of nitrogens with zero attached hydrogens (tertiary/aromatic N) is 3. The number of carbonyl (C=O) groups excluding carboxylic acids is 1. The first-order valence-corrected chi connectivity index (χ1v) is 11.7. The number of likely N-dealkylation sites (N-methyl/N-ethyl adjacent to an activating group) is 1. The van der Waals surface area contributed by atoms with Crippen LogP contribution in [0.1, 0.15) is 24.8 Å². The van der Waals surface area contributed by atoms with E-state index >= 15 is 0 Å². The molecule has 4 rings (SSSR count). The molecule has 6 heteroatoms. The van der Waals surface area contributed by atoms with E-state index in [4.69, 9.17) is 4.74 Å². The lowest BCUT2D eigenvalue weighted by Crippen LogP contribution is -2.50. The van der Waals surface area contributed by atoms with Crippen molar-refractivity contribution in [3.8, 4) is 0 Å². The summed E-state index contributed by atoms with van der Waals surface area (Å²) in [6, 6.07) is 20.5. The van der Waals surface area contributed by atoms with Gasteiger partial charge < -0.3 is 19.6 Å². The third-order valence-electron chi connectivity index (χ3n) is 6.62. The van der Waals surface area contributed by atoms with Crippen LogP contribution in [-0.4, -0.2) is 78.9 Å². The average molecular weight is 438 g/mol. The normalized spacial score (nSPS) is 24.3. The Morgan fingerprint density at radius 3 is 2.34 bits per heavy atom. The number of carbonyl (C=O) groups is 1. The molecule has 172 valence electrons. The fourth-order valence-electron chi connectivity index (χ4n) is 4.66. The zero-order valence-corrected chi connectivity index (χ0v) is 19.0. The number of benzene rings is 2. The van der Waals surface area contributed by atoms with Gasteiger partial charge in [0.15, 0.2) is 6.10 Å². The molecule has 0 unspecified atom stereocenters. The summed E-state index contributed by atoms with van der Waals surface area (Å²) in [5.74, 6) is -0.137. The van der Waals surface area contributed by atoms with E-state index in [2.05, 4.69) is 40.1 Å². The van der Waals surface area contributed by atoms with E-state index in [1.54, 1.807) is 11.9 Å². The molecule has 1 amide bonds. The van der Waals surface area contributed by atoms with E-state index < -0.39 is 12.2 Å². The van der Waals surface area contributed by atoms with Crippen molar-refractivity contribution in [2.45, 2.75) is 44.1 Å². The lowest BCUT2D eigenvalue weighted by atomic mass is 9.98. The van der Waals surface area contributed by atoms with Crippen LogP contribution in [0.4, 0.5) is 5.69 Å². The molecular formula is C26H35N3O3. The Hall–Kier alpha value is -2.41. The SMILES string of the molecule is CN(Cc1ccccc1)C(=O)[C@H]1O[C@H](CCN2CCN(c3ccccc3)CC2)CC[C@@H]1O. The van der Waals surface area contributed by atoms with Crippen LogP contribution in [0, 0.1) is 0 Å². The minimum Gasteiger partial charge on any atom is -0.390 e. The van der Waals surface area contributed by atoms with Gasteiger partial charge in [0.05, 0.1) is 12.2 Å². The lowest BCUT2D eigenvalue weighted by Gasteiger charge is -2.38. The van der Waals surface area contributed by atoms with Gasteiger partial charge in [-0.05, 0) is 37.0 Å². The maximum absolute atomic E-state index is 13.0. The Balaban J connectivity index is 1.23. The third kappa shape index (κ3) is 5.88. The van der Waals surface area contributed by atoms with Gasteiger partial charge in [-0.3, -0.25) is 9.69 Å². The van der Waals surface area contributed by atoms with Crippen LogP contribution in [0.2, 0.25) is 0 Å². The van der Waals surface area contributed by atoms with E-state index in [9.17, 15) is 9.90 Å². The molecular weight excluding hydrogens is 402 g/mol. The van der Waals surface area contributed by atoms with Crippen molar-refractivity contribution >= 4 is 11.6 Å².